The summed E-state index contributed by atoms with van der Waals surface area (Å²) >= 11 is 0. The lowest BCUT2D eigenvalue weighted by atomic mass is 10.2. The van der Waals surface area contributed by atoms with Crippen molar-refractivity contribution in [3.63, 3.8) is 0 Å². The number of pyridine rings is 1. The molecule has 144 valence electrons. The molecule has 2 heterocycles. The van der Waals surface area contributed by atoms with Crippen molar-refractivity contribution in [2.75, 3.05) is 51.3 Å². The molecule has 27 heavy (non-hydrogen) atoms. The van der Waals surface area contributed by atoms with Gasteiger partial charge in [-0.05, 0) is 37.1 Å². The summed E-state index contributed by atoms with van der Waals surface area (Å²) in [5, 5.41) is 0. The first-order valence-corrected chi connectivity index (χ1v) is 8.89. The summed E-state index contributed by atoms with van der Waals surface area (Å²) in [5.74, 6) is 2.40. The lowest BCUT2D eigenvalue weighted by molar-refractivity contribution is 0.0601. The van der Waals surface area contributed by atoms with E-state index in [1.54, 1.807) is 20.3 Å². The highest BCUT2D eigenvalue weighted by atomic mass is 16.5. The van der Waals surface area contributed by atoms with Gasteiger partial charge in [0.1, 0.15) is 28.7 Å². The highest BCUT2D eigenvalue weighted by molar-refractivity contribution is 5.95. The van der Waals surface area contributed by atoms with Crippen LogP contribution in [0.1, 0.15) is 23.2 Å². The fourth-order valence-corrected chi connectivity index (χ4v) is 3.25. The van der Waals surface area contributed by atoms with E-state index in [1.165, 1.54) is 7.11 Å². The fourth-order valence-electron chi connectivity index (χ4n) is 3.25. The Morgan fingerprint density at radius 3 is 2.44 bits per heavy atom. The van der Waals surface area contributed by atoms with Gasteiger partial charge < -0.3 is 24.0 Å². The molecule has 0 saturated carbocycles. The van der Waals surface area contributed by atoms with Gasteiger partial charge in [-0.2, -0.15) is 0 Å². The molecule has 1 fully saturated rings. The lowest BCUT2D eigenvalue weighted by Crippen LogP contribution is -2.24. The summed E-state index contributed by atoms with van der Waals surface area (Å²) < 4.78 is 15.7. The number of hydrogen-bond acceptors (Lipinski definition) is 7. The van der Waals surface area contributed by atoms with Crippen LogP contribution in [-0.4, -0.2) is 52.4 Å². The third kappa shape index (κ3) is 3.77. The second-order valence-electron chi connectivity index (χ2n) is 6.32. The van der Waals surface area contributed by atoms with Crippen LogP contribution in [0.15, 0.2) is 30.3 Å². The molecule has 0 atom stereocenters. The van der Waals surface area contributed by atoms with E-state index in [2.05, 4.69) is 4.90 Å². The molecule has 1 aromatic heterocycles. The molecule has 7 heteroatoms. The van der Waals surface area contributed by atoms with Crippen molar-refractivity contribution in [3.8, 4) is 11.5 Å². The SMILES string of the molecule is COC(=O)c1ccc(N(C)c2ccc(OC)cc2OC)nc1N1CCCC1. The maximum atomic E-state index is 12.2. The molecule has 0 spiro atoms. The van der Waals surface area contributed by atoms with Crippen LogP contribution in [0.25, 0.3) is 0 Å². The first-order valence-electron chi connectivity index (χ1n) is 8.89. The highest BCUT2D eigenvalue weighted by Crippen LogP contribution is 2.36. The lowest BCUT2D eigenvalue weighted by Gasteiger charge is -2.25. The number of hydrogen-bond donors (Lipinski definition) is 0. The number of benzene rings is 1. The zero-order valence-corrected chi connectivity index (χ0v) is 16.2. The van der Waals surface area contributed by atoms with Crippen LogP contribution in [0.3, 0.4) is 0 Å². The van der Waals surface area contributed by atoms with E-state index in [4.69, 9.17) is 19.2 Å². The molecule has 0 unspecified atom stereocenters. The number of methoxy groups -OCH3 is 3. The normalized spacial score (nSPS) is 13.4. The van der Waals surface area contributed by atoms with Gasteiger partial charge in [-0.15, -0.1) is 0 Å². The van der Waals surface area contributed by atoms with E-state index < -0.39 is 0 Å². The fraction of sp³-hybridized carbons (Fsp3) is 0.400. The van der Waals surface area contributed by atoms with Gasteiger partial charge in [0, 0.05) is 26.2 Å². The zero-order valence-electron chi connectivity index (χ0n) is 16.2. The predicted octanol–water partition coefficient (Wildman–Crippen LogP) is 3.25. The molecular formula is C20H25N3O4. The Morgan fingerprint density at radius 1 is 1.07 bits per heavy atom. The number of carbonyl (C=O) groups is 1. The van der Waals surface area contributed by atoms with Crippen molar-refractivity contribution in [2.24, 2.45) is 0 Å². The van der Waals surface area contributed by atoms with Gasteiger partial charge in [0.2, 0.25) is 0 Å². The Morgan fingerprint density at radius 2 is 1.81 bits per heavy atom. The molecule has 0 radical (unpaired) electrons. The van der Waals surface area contributed by atoms with Crippen molar-refractivity contribution < 1.29 is 19.0 Å². The van der Waals surface area contributed by atoms with Crippen molar-refractivity contribution in [3.05, 3.63) is 35.9 Å². The highest BCUT2D eigenvalue weighted by Gasteiger charge is 2.23. The summed E-state index contributed by atoms with van der Waals surface area (Å²) in [7, 11) is 6.54. The van der Waals surface area contributed by atoms with E-state index in [9.17, 15) is 4.79 Å². The zero-order chi connectivity index (χ0) is 19.4. The second-order valence-corrected chi connectivity index (χ2v) is 6.32. The van der Waals surface area contributed by atoms with Crippen molar-refractivity contribution in [1.29, 1.82) is 0 Å². The quantitative estimate of drug-likeness (QED) is 0.722. The van der Waals surface area contributed by atoms with Crippen LogP contribution >= 0.6 is 0 Å². The molecule has 3 rings (SSSR count). The first-order chi connectivity index (χ1) is 13.1. The van der Waals surface area contributed by atoms with Gasteiger partial charge in [0.05, 0.1) is 27.0 Å². The Kier molecular flexibility index (Phi) is 5.69. The monoisotopic (exact) mass is 371 g/mol. The van der Waals surface area contributed by atoms with Crippen LogP contribution in [0.4, 0.5) is 17.3 Å². The number of carbonyl (C=O) groups excluding carboxylic acids is 1. The molecule has 7 nitrogen and oxygen atoms in total. The van der Waals surface area contributed by atoms with E-state index in [1.807, 2.05) is 36.2 Å². The van der Waals surface area contributed by atoms with Crippen molar-refractivity contribution in [1.82, 2.24) is 4.98 Å². The number of nitrogens with zero attached hydrogens (tertiary/aromatic N) is 3. The van der Waals surface area contributed by atoms with E-state index in [0.717, 1.165) is 37.4 Å². The van der Waals surface area contributed by atoms with Crippen LogP contribution in [0.2, 0.25) is 0 Å². The van der Waals surface area contributed by atoms with E-state index >= 15 is 0 Å². The van der Waals surface area contributed by atoms with Crippen LogP contribution < -0.4 is 19.3 Å². The smallest absolute Gasteiger partial charge is 0.341 e. The van der Waals surface area contributed by atoms with Gasteiger partial charge in [-0.1, -0.05) is 0 Å². The second kappa shape index (κ2) is 8.16. The van der Waals surface area contributed by atoms with Crippen LogP contribution in [0.5, 0.6) is 11.5 Å². The third-order valence-corrected chi connectivity index (χ3v) is 4.76. The molecule has 0 aliphatic carbocycles. The van der Waals surface area contributed by atoms with Crippen LogP contribution in [0, 0.1) is 0 Å². The molecule has 1 aliphatic heterocycles. The molecule has 1 aliphatic rings. The molecule has 0 bridgehead atoms. The maximum Gasteiger partial charge on any atom is 0.341 e. The first kappa shape index (κ1) is 18.8. The van der Waals surface area contributed by atoms with Crippen LogP contribution in [-0.2, 0) is 4.74 Å². The average Bonchev–Trinajstić information content (AvgIpc) is 3.26. The van der Waals surface area contributed by atoms with Gasteiger partial charge in [-0.3, -0.25) is 0 Å². The Balaban J connectivity index is 2.01. The minimum absolute atomic E-state index is 0.374. The van der Waals surface area contributed by atoms with Gasteiger partial charge in [0.15, 0.2) is 0 Å². The summed E-state index contributed by atoms with van der Waals surface area (Å²) in [6, 6.07) is 9.21. The molecule has 0 amide bonds. The standard InChI is InChI=1S/C20H25N3O4/c1-22(16-9-7-14(25-2)13-17(16)26-3)18-10-8-15(20(24)27-4)19(21-18)23-11-5-6-12-23/h7-10,13H,5-6,11-12H2,1-4H3. The Labute approximate surface area is 159 Å². The van der Waals surface area contributed by atoms with E-state index in [0.29, 0.717) is 22.9 Å². The molecule has 1 saturated heterocycles. The third-order valence-electron chi connectivity index (χ3n) is 4.76. The van der Waals surface area contributed by atoms with Crippen molar-refractivity contribution >= 4 is 23.3 Å². The predicted molar refractivity (Wildman–Crippen MR) is 105 cm³/mol. The number of rotatable bonds is 6. The minimum atomic E-state index is -0.374. The number of esters is 1. The topological polar surface area (TPSA) is 64.1 Å². The minimum Gasteiger partial charge on any atom is -0.497 e. The molecular weight excluding hydrogens is 346 g/mol. The van der Waals surface area contributed by atoms with Gasteiger partial charge in [-0.25, -0.2) is 9.78 Å². The molecule has 1 aromatic carbocycles. The summed E-state index contributed by atoms with van der Waals surface area (Å²) in [4.78, 5) is 21.0. The van der Waals surface area contributed by atoms with Gasteiger partial charge in [0.25, 0.3) is 0 Å². The van der Waals surface area contributed by atoms with Gasteiger partial charge >= 0.3 is 5.97 Å². The summed E-state index contributed by atoms with van der Waals surface area (Å²) in [6.45, 7) is 1.77. The largest absolute Gasteiger partial charge is 0.497 e. The Hall–Kier alpha value is -2.96. The Bertz CT molecular complexity index is 819. The summed E-state index contributed by atoms with van der Waals surface area (Å²) in [5.41, 5.74) is 1.34. The maximum absolute atomic E-state index is 12.2. The number of ether oxygens (including phenoxy) is 3. The number of aromatic nitrogens is 1. The molecule has 0 N–H and O–H groups in total. The molecule has 2 aromatic rings. The summed E-state index contributed by atoms with van der Waals surface area (Å²) in [6.07, 6.45) is 2.18. The number of anilines is 3. The average molecular weight is 371 g/mol. The van der Waals surface area contributed by atoms with E-state index in [-0.39, 0.29) is 5.97 Å². The van der Waals surface area contributed by atoms with Crippen molar-refractivity contribution in [2.45, 2.75) is 12.8 Å².